The Labute approximate surface area is 157 Å². The Balaban J connectivity index is 1.54. The number of carbonyl (C=O) groups is 1. The van der Waals surface area contributed by atoms with E-state index in [1.807, 2.05) is 29.2 Å². The first-order valence-electron chi connectivity index (χ1n) is 9.40. The smallest absolute Gasteiger partial charge is 0.254 e. The van der Waals surface area contributed by atoms with Gasteiger partial charge in [0.1, 0.15) is 5.82 Å². The monoisotopic (exact) mass is 361 g/mol. The van der Waals surface area contributed by atoms with Crippen LogP contribution in [-0.4, -0.2) is 34.9 Å². The van der Waals surface area contributed by atoms with E-state index in [1.54, 1.807) is 12.3 Å². The summed E-state index contributed by atoms with van der Waals surface area (Å²) < 4.78 is 13.8. The predicted octanol–water partition coefficient (Wildman–Crippen LogP) is 3.75. The molecule has 3 heterocycles. The lowest BCUT2D eigenvalue weighted by molar-refractivity contribution is 0.0674. The number of pyridine rings is 1. The zero-order chi connectivity index (χ0) is 18.4. The van der Waals surface area contributed by atoms with E-state index in [1.165, 1.54) is 12.1 Å². The summed E-state index contributed by atoms with van der Waals surface area (Å²) in [5.74, 6) is -0.161. The topological polar surface area (TPSA) is 45.2 Å². The largest absolute Gasteiger partial charge is 0.330 e. The van der Waals surface area contributed by atoms with Crippen molar-refractivity contribution < 1.29 is 9.18 Å². The van der Waals surface area contributed by atoms with E-state index in [0.717, 1.165) is 59.1 Å². The number of piperidine rings is 1. The van der Waals surface area contributed by atoms with Crippen molar-refractivity contribution >= 4 is 16.7 Å². The molecule has 1 unspecified atom stereocenters. The van der Waals surface area contributed by atoms with E-state index in [4.69, 9.17) is 0 Å². The molecule has 0 saturated carbocycles. The van der Waals surface area contributed by atoms with Crippen molar-refractivity contribution in [3.8, 4) is 11.3 Å². The highest BCUT2D eigenvalue weighted by molar-refractivity contribution is 6.00. The molecule has 1 atom stereocenters. The number of rotatable bonds is 2. The van der Waals surface area contributed by atoms with Gasteiger partial charge in [0.15, 0.2) is 0 Å². The van der Waals surface area contributed by atoms with Gasteiger partial charge in [0.2, 0.25) is 0 Å². The van der Waals surface area contributed by atoms with Crippen LogP contribution in [-0.2, 0) is 6.54 Å². The fraction of sp³-hybridized carbons (Fsp3) is 0.273. The van der Waals surface area contributed by atoms with Gasteiger partial charge in [-0.2, -0.15) is 0 Å². The maximum atomic E-state index is 13.8. The summed E-state index contributed by atoms with van der Waals surface area (Å²) >= 11 is 0. The second-order valence-corrected chi connectivity index (χ2v) is 7.33. The molecule has 5 rings (SSSR count). The molecular formula is C22H20FN3O. The maximum Gasteiger partial charge on any atom is 0.254 e. The van der Waals surface area contributed by atoms with Crippen molar-refractivity contribution in [2.75, 3.05) is 13.1 Å². The van der Waals surface area contributed by atoms with Crippen LogP contribution in [0, 0.1) is 5.82 Å². The van der Waals surface area contributed by atoms with Crippen LogP contribution in [0.2, 0.25) is 0 Å². The number of benzene rings is 2. The van der Waals surface area contributed by atoms with Crippen molar-refractivity contribution in [1.82, 2.24) is 15.2 Å². The van der Waals surface area contributed by atoms with Crippen LogP contribution in [0.15, 0.2) is 48.7 Å². The predicted molar refractivity (Wildman–Crippen MR) is 103 cm³/mol. The van der Waals surface area contributed by atoms with Gasteiger partial charge in [0, 0.05) is 41.8 Å². The summed E-state index contributed by atoms with van der Waals surface area (Å²) in [6.45, 7) is 2.52. The fourth-order valence-corrected chi connectivity index (χ4v) is 4.26. The average Bonchev–Trinajstić information content (AvgIpc) is 3.04. The second-order valence-electron chi connectivity index (χ2n) is 7.33. The number of hydrogen-bond acceptors (Lipinski definition) is 3. The Morgan fingerprint density at radius 3 is 2.93 bits per heavy atom. The first kappa shape index (κ1) is 16.4. The molecule has 0 radical (unpaired) electrons. The van der Waals surface area contributed by atoms with Crippen molar-refractivity contribution in [3.05, 3.63) is 65.6 Å². The molecule has 2 aliphatic rings. The molecular weight excluding hydrogens is 341 g/mol. The van der Waals surface area contributed by atoms with E-state index in [2.05, 4.69) is 10.3 Å². The van der Waals surface area contributed by atoms with E-state index >= 15 is 0 Å². The minimum atomic E-state index is -0.274. The SMILES string of the molecule is O=C1c2ccc(-c3nccc4ccc(F)cc34)cc2CN1C1CCCNC1. The number of carbonyl (C=O) groups excluding carboxylic acids is 1. The molecule has 0 bridgehead atoms. The van der Waals surface area contributed by atoms with Crippen LogP contribution in [0.25, 0.3) is 22.0 Å². The van der Waals surface area contributed by atoms with Gasteiger partial charge in [-0.1, -0.05) is 12.1 Å². The van der Waals surface area contributed by atoms with Gasteiger partial charge < -0.3 is 10.2 Å². The molecule has 0 aliphatic carbocycles. The zero-order valence-corrected chi connectivity index (χ0v) is 14.9. The molecule has 136 valence electrons. The molecule has 4 nitrogen and oxygen atoms in total. The molecule has 5 heteroatoms. The number of fused-ring (bicyclic) bond motifs is 2. The zero-order valence-electron chi connectivity index (χ0n) is 14.9. The summed E-state index contributed by atoms with van der Waals surface area (Å²) in [6, 6.07) is 12.7. The highest BCUT2D eigenvalue weighted by Crippen LogP contribution is 2.33. The van der Waals surface area contributed by atoms with Gasteiger partial charge in [-0.25, -0.2) is 4.39 Å². The van der Waals surface area contributed by atoms with Gasteiger partial charge >= 0.3 is 0 Å². The summed E-state index contributed by atoms with van der Waals surface area (Å²) in [4.78, 5) is 19.3. The number of nitrogens with zero attached hydrogens (tertiary/aromatic N) is 2. The summed E-state index contributed by atoms with van der Waals surface area (Å²) in [7, 11) is 0. The Kier molecular flexibility index (Phi) is 3.90. The summed E-state index contributed by atoms with van der Waals surface area (Å²) in [5, 5.41) is 5.12. The van der Waals surface area contributed by atoms with Gasteiger partial charge in [-0.05, 0) is 60.7 Å². The van der Waals surface area contributed by atoms with E-state index < -0.39 is 0 Å². The second kappa shape index (κ2) is 6.43. The average molecular weight is 361 g/mol. The number of nitrogens with one attached hydrogen (secondary N) is 1. The van der Waals surface area contributed by atoms with Gasteiger partial charge in [0.05, 0.1) is 5.69 Å². The number of halogens is 1. The minimum Gasteiger partial charge on any atom is -0.330 e. The van der Waals surface area contributed by atoms with Crippen molar-refractivity contribution in [2.45, 2.75) is 25.4 Å². The molecule has 2 aliphatic heterocycles. The molecule has 1 aromatic heterocycles. The normalized spacial score (nSPS) is 19.5. The third-order valence-corrected chi connectivity index (χ3v) is 5.65. The molecule has 2 aromatic carbocycles. The first-order valence-corrected chi connectivity index (χ1v) is 9.40. The van der Waals surface area contributed by atoms with Crippen LogP contribution < -0.4 is 5.32 Å². The standard InChI is InChI=1S/C22H20FN3O/c23-17-5-3-14-7-9-25-21(20(14)11-17)15-4-6-19-16(10-15)13-26(22(19)27)18-2-1-8-24-12-18/h3-7,9-11,18,24H,1-2,8,12-13H2. The van der Waals surface area contributed by atoms with Gasteiger partial charge in [0.25, 0.3) is 5.91 Å². The minimum absolute atomic E-state index is 0.113. The van der Waals surface area contributed by atoms with Crippen LogP contribution in [0.1, 0.15) is 28.8 Å². The van der Waals surface area contributed by atoms with Crippen LogP contribution in [0.3, 0.4) is 0 Å². The lowest BCUT2D eigenvalue weighted by Gasteiger charge is -2.31. The Morgan fingerprint density at radius 2 is 2.07 bits per heavy atom. The molecule has 1 fully saturated rings. The summed E-state index contributed by atoms with van der Waals surface area (Å²) in [6.07, 6.45) is 3.89. The lowest BCUT2D eigenvalue weighted by atomic mass is 10.00. The number of hydrogen-bond donors (Lipinski definition) is 1. The Hall–Kier alpha value is -2.79. The molecule has 1 amide bonds. The van der Waals surface area contributed by atoms with Gasteiger partial charge in [-0.3, -0.25) is 9.78 Å². The Morgan fingerprint density at radius 1 is 1.15 bits per heavy atom. The third kappa shape index (κ3) is 2.79. The van der Waals surface area contributed by atoms with Crippen molar-refractivity contribution in [3.63, 3.8) is 0 Å². The highest BCUT2D eigenvalue weighted by Gasteiger charge is 2.33. The summed E-state index contributed by atoms with van der Waals surface area (Å²) in [5.41, 5.74) is 3.47. The quantitative estimate of drug-likeness (QED) is 0.756. The Bertz CT molecular complexity index is 1040. The lowest BCUT2D eigenvalue weighted by Crippen LogP contribution is -2.46. The van der Waals surface area contributed by atoms with Crippen molar-refractivity contribution in [2.24, 2.45) is 0 Å². The van der Waals surface area contributed by atoms with E-state index in [-0.39, 0.29) is 17.8 Å². The van der Waals surface area contributed by atoms with Crippen LogP contribution in [0.5, 0.6) is 0 Å². The number of aromatic nitrogens is 1. The first-order chi connectivity index (χ1) is 13.2. The van der Waals surface area contributed by atoms with Crippen molar-refractivity contribution in [1.29, 1.82) is 0 Å². The fourth-order valence-electron chi connectivity index (χ4n) is 4.26. The highest BCUT2D eigenvalue weighted by atomic mass is 19.1. The maximum absolute atomic E-state index is 13.8. The molecule has 1 saturated heterocycles. The van der Waals surface area contributed by atoms with E-state index in [9.17, 15) is 9.18 Å². The molecule has 0 spiro atoms. The molecule has 1 N–H and O–H groups in total. The molecule has 27 heavy (non-hydrogen) atoms. The van der Waals surface area contributed by atoms with Crippen LogP contribution >= 0.6 is 0 Å². The van der Waals surface area contributed by atoms with Gasteiger partial charge in [-0.15, -0.1) is 0 Å². The van der Waals surface area contributed by atoms with E-state index in [0.29, 0.717) is 6.54 Å². The number of amides is 1. The molecule has 3 aromatic rings. The van der Waals surface area contributed by atoms with Crippen LogP contribution in [0.4, 0.5) is 4.39 Å². The third-order valence-electron chi connectivity index (χ3n) is 5.65.